The summed E-state index contributed by atoms with van der Waals surface area (Å²) < 4.78 is 42.0. The van der Waals surface area contributed by atoms with E-state index in [0.29, 0.717) is 13.0 Å². The predicted octanol–water partition coefficient (Wildman–Crippen LogP) is 2.73. The maximum Gasteiger partial charge on any atom is 0.389 e. The Labute approximate surface area is 109 Å². The van der Waals surface area contributed by atoms with Crippen molar-refractivity contribution in [2.24, 2.45) is 5.84 Å². The zero-order valence-corrected chi connectivity index (χ0v) is 10.4. The Morgan fingerprint density at radius 3 is 2.79 bits per heavy atom. The lowest BCUT2D eigenvalue weighted by atomic mass is 9.90. The van der Waals surface area contributed by atoms with Crippen molar-refractivity contribution in [3.8, 4) is 5.75 Å². The molecule has 1 aromatic carbocycles. The van der Waals surface area contributed by atoms with E-state index in [1.807, 2.05) is 24.3 Å². The molecule has 19 heavy (non-hydrogen) atoms. The molecular weight excluding hydrogens is 257 g/mol. The molecule has 0 saturated heterocycles. The van der Waals surface area contributed by atoms with Crippen LogP contribution in [0.5, 0.6) is 5.75 Å². The second kappa shape index (κ2) is 5.79. The molecular formula is C13H17F3N2O. The summed E-state index contributed by atoms with van der Waals surface area (Å²) in [6.07, 6.45) is -4.45. The third-order valence-corrected chi connectivity index (χ3v) is 3.41. The Morgan fingerprint density at radius 1 is 1.37 bits per heavy atom. The monoisotopic (exact) mass is 274 g/mol. The fourth-order valence-electron chi connectivity index (χ4n) is 2.44. The van der Waals surface area contributed by atoms with Crippen molar-refractivity contribution in [3.05, 3.63) is 29.8 Å². The van der Waals surface area contributed by atoms with Crippen molar-refractivity contribution >= 4 is 0 Å². The van der Waals surface area contributed by atoms with Gasteiger partial charge in [0.15, 0.2) is 0 Å². The first kappa shape index (κ1) is 14.1. The van der Waals surface area contributed by atoms with Gasteiger partial charge in [0, 0.05) is 23.9 Å². The van der Waals surface area contributed by atoms with Crippen LogP contribution in [0.4, 0.5) is 13.2 Å². The lowest BCUT2D eigenvalue weighted by Crippen LogP contribution is -2.40. The van der Waals surface area contributed by atoms with Crippen LogP contribution in [-0.2, 0) is 0 Å². The molecule has 0 fully saturated rings. The largest absolute Gasteiger partial charge is 0.493 e. The van der Waals surface area contributed by atoms with E-state index in [-0.39, 0.29) is 18.4 Å². The highest BCUT2D eigenvalue weighted by molar-refractivity contribution is 5.40. The molecule has 106 valence electrons. The van der Waals surface area contributed by atoms with Crippen LogP contribution < -0.4 is 16.0 Å². The van der Waals surface area contributed by atoms with Gasteiger partial charge in [0.25, 0.3) is 0 Å². The molecule has 0 radical (unpaired) electrons. The molecule has 0 saturated carbocycles. The number of benzene rings is 1. The third-order valence-electron chi connectivity index (χ3n) is 3.41. The van der Waals surface area contributed by atoms with Gasteiger partial charge in [-0.3, -0.25) is 11.3 Å². The molecule has 0 bridgehead atoms. The summed E-state index contributed by atoms with van der Waals surface area (Å²) in [6, 6.07) is 7.35. The van der Waals surface area contributed by atoms with E-state index in [1.165, 1.54) is 0 Å². The summed E-state index contributed by atoms with van der Waals surface area (Å²) >= 11 is 0. The average molecular weight is 274 g/mol. The number of fused-ring (bicyclic) bond motifs is 1. The normalized spacial score (nSPS) is 19.9. The molecule has 1 aliphatic heterocycles. The van der Waals surface area contributed by atoms with E-state index in [1.54, 1.807) is 0 Å². The number of halogens is 3. The molecule has 6 heteroatoms. The molecule has 1 aliphatic rings. The second-order valence-electron chi connectivity index (χ2n) is 4.74. The van der Waals surface area contributed by atoms with E-state index in [9.17, 15) is 13.2 Å². The molecule has 1 heterocycles. The number of hydrogen-bond acceptors (Lipinski definition) is 3. The minimum absolute atomic E-state index is 0.00873. The first-order valence-electron chi connectivity index (χ1n) is 6.26. The van der Waals surface area contributed by atoms with Crippen molar-refractivity contribution in [2.75, 3.05) is 6.61 Å². The molecule has 2 rings (SSSR count). The zero-order valence-electron chi connectivity index (χ0n) is 10.4. The minimum Gasteiger partial charge on any atom is -0.493 e. The molecule has 0 amide bonds. The highest BCUT2D eigenvalue weighted by atomic mass is 19.4. The van der Waals surface area contributed by atoms with Crippen molar-refractivity contribution in [1.29, 1.82) is 0 Å². The number of hydrazine groups is 1. The van der Waals surface area contributed by atoms with E-state index < -0.39 is 12.6 Å². The van der Waals surface area contributed by atoms with Gasteiger partial charge in [-0.1, -0.05) is 18.2 Å². The molecule has 3 N–H and O–H groups in total. The number of para-hydroxylation sites is 1. The number of nitrogens with one attached hydrogen (secondary N) is 1. The zero-order chi connectivity index (χ0) is 13.9. The van der Waals surface area contributed by atoms with E-state index in [0.717, 1.165) is 11.3 Å². The third kappa shape index (κ3) is 3.61. The van der Waals surface area contributed by atoms with Gasteiger partial charge in [0.1, 0.15) is 5.75 Å². The molecule has 0 aliphatic carbocycles. The average Bonchev–Trinajstić information content (AvgIpc) is 2.77. The SMILES string of the molecule is NNC(CCCC(F)(F)F)C1COc2ccccc21. The van der Waals surface area contributed by atoms with Gasteiger partial charge in [-0.15, -0.1) is 0 Å². The van der Waals surface area contributed by atoms with Gasteiger partial charge in [-0.2, -0.15) is 13.2 Å². The Morgan fingerprint density at radius 2 is 2.11 bits per heavy atom. The summed E-state index contributed by atoms with van der Waals surface area (Å²) in [7, 11) is 0. The molecule has 3 nitrogen and oxygen atoms in total. The standard InChI is InChI=1S/C13H17F3N2O/c14-13(15,16)7-3-5-11(18-17)10-8-19-12-6-2-1-4-9(10)12/h1-2,4,6,10-11,18H,3,5,7-8,17H2. The van der Waals surface area contributed by atoms with Gasteiger partial charge >= 0.3 is 6.18 Å². The van der Waals surface area contributed by atoms with Gasteiger partial charge in [0.05, 0.1) is 6.61 Å². The van der Waals surface area contributed by atoms with Crippen LogP contribution in [0.1, 0.15) is 30.7 Å². The van der Waals surface area contributed by atoms with Crippen molar-refractivity contribution in [1.82, 2.24) is 5.43 Å². The summed E-state index contributed by atoms with van der Waals surface area (Å²) in [4.78, 5) is 0. The van der Waals surface area contributed by atoms with Crippen LogP contribution in [-0.4, -0.2) is 18.8 Å². The van der Waals surface area contributed by atoms with E-state index in [4.69, 9.17) is 10.6 Å². The lowest BCUT2D eigenvalue weighted by molar-refractivity contribution is -0.135. The Kier molecular flexibility index (Phi) is 4.31. The quantitative estimate of drug-likeness (QED) is 0.641. The molecule has 2 unspecified atom stereocenters. The summed E-state index contributed by atoms with van der Waals surface area (Å²) in [5.41, 5.74) is 3.64. The molecule has 0 aromatic heterocycles. The van der Waals surface area contributed by atoms with Gasteiger partial charge in [-0.25, -0.2) is 0 Å². The Bertz CT molecular complexity index is 423. The molecule has 0 spiro atoms. The summed E-state index contributed by atoms with van der Waals surface area (Å²) in [6.45, 7) is 0.459. The van der Waals surface area contributed by atoms with E-state index in [2.05, 4.69) is 5.43 Å². The highest BCUT2D eigenvalue weighted by Crippen LogP contribution is 2.37. The van der Waals surface area contributed by atoms with Crippen LogP contribution in [0.2, 0.25) is 0 Å². The second-order valence-corrected chi connectivity index (χ2v) is 4.74. The first-order valence-corrected chi connectivity index (χ1v) is 6.26. The number of alkyl halides is 3. The minimum atomic E-state index is -4.11. The van der Waals surface area contributed by atoms with Gasteiger partial charge < -0.3 is 4.74 Å². The van der Waals surface area contributed by atoms with Crippen molar-refractivity contribution in [3.63, 3.8) is 0 Å². The van der Waals surface area contributed by atoms with Crippen LogP contribution in [0.3, 0.4) is 0 Å². The van der Waals surface area contributed by atoms with Crippen molar-refractivity contribution in [2.45, 2.75) is 37.4 Å². The molecule has 2 atom stereocenters. The predicted molar refractivity (Wildman–Crippen MR) is 65.7 cm³/mol. The number of rotatable bonds is 5. The fraction of sp³-hybridized carbons (Fsp3) is 0.538. The van der Waals surface area contributed by atoms with Crippen LogP contribution in [0, 0.1) is 0 Å². The summed E-state index contributed by atoms with van der Waals surface area (Å²) in [5.74, 6) is 6.28. The van der Waals surface area contributed by atoms with Crippen LogP contribution in [0.15, 0.2) is 24.3 Å². The first-order chi connectivity index (χ1) is 9.01. The maximum absolute atomic E-state index is 12.1. The lowest BCUT2D eigenvalue weighted by Gasteiger charge is -2.22. The highest BCUT2D eigenvalue weighted by Gasteiger charge is 2.32. The van der Waals surface area contributed by atoms with Crippen molar-refractivity contribution < 1.29 is 17.9 Å². The van der Waals surface area contributed by atoms with Gasteiger partial charge in [-0.05, 0) is 18.9 Å². The number of nitrogens with two attached hydrogens (primary N) is 1. The van der Waals surface area contributed by atoms with E-state index >= 15 is 0 Å². The summed E-state index contributed by atoms with van der Waals surface area (Å²) in [5, 5.41) is 0. The number of ether oxygens (including phenoxy) is 1. The van der Waals surface area contributed by atoms with Crippen LogP contribution >= 0.6 is 0 Å². The molecule has 1 aromatic rings. The Hall–Kier alpha value is -1.27. The fourth-order valence-corrected chi connectivity index (χ4v) is 2.44. The maximum atomic E-state index is 12.1. The Balaban J connectivity index is 1.96. The smallest absolute Gasteiger partial charge is 0.389 e. The van der Waals surface area contributed by atoms with Crippen LogP contribution in [0.25, 0.3) is 0 Å². The number of hydrogen-bond donors (Lipinski definition) is 2. The van der Waals surface area contributed by atoms with Gasteiger partial charge in [0.2, 0.25) is 0 Å². The topological polar surface area (TPSA) is 47.3 Å².